The van der Waals surface area contributed by atoms with Gasteiger partial charge in [-0.3, -0.25) is 4.79 Å². The number of esters is 1. The lowest BCUT2D eigenvalue weighted by Gasteiger charge is -2.34. The van der Waals surface area contributed by atoms with Crippen molar-refractivity contribution >= 4 is 11.8 Å². The van der Waals surface area contributed by atoms with E-state index in [0.717, 1.165) is 5.56 Å². The Labute approximate surface area is 141 Å². The summed E-state index contributed by atoms with van der Waals surface area (Å²) < 4.78 is 11.5. The van der Waals surface area contributed by atoms with E-state index in [4.69, 9.17) is 9.47 Å². The summed E-state index contributed by atoms with van der Waals surface area (Å²) in [6.45, 7) is 1.51. The van der Waals surface area contributed by atoms with Gasteiger partial charge in [-0.05, 0) is 24.6 Å². The number of ketones is 1. The van der Waals surface area contributed by atoms with Crippen LogP contribution < -0.4 is 0 Å². The van der Waals surface area contributed by atoms with Gasteiger partial charge in [0.15, 0.2) is 5.78 Å². The molecule has 3 rings (SSSR count). The Morgan fingerprint density at radius 3 is 2.21 bits per heavy atom. The molecule has 0 radical (unpaired) electrons. The van der Waals surface area contributed by atoms with Crippen molar-refractivity contribution in [1.29, 1.82) is 0 Å². The van der Waals surface area contributed by atoms with Crippen LogP contribution in [0.25, 0.3) is 0 Å². The molecule has 1 aliphatic rings. The Hall–Kier alpha value is -2.46. The predicted octanol–water partition coefficient (Wildman–Crippen LogP) is 3.72. The first-order valence-corrected chi connectivity index (χ1v) is 8.10. The van der Waals surface area contributed by atoms with Crippen molar-refractivity contribution < 1.29 is 19.1 Å². The Morgan fingerprint density at radius 1 is 0.958 bits per heavy atom. The smallest absolute Gasteiger partial charge is 0.338 e. The van der Waals surface area contributed by atoms with E-state index in [-0.39, 0.29) is 24.0 Å². The minimum atomic E-state index is -0.544. The Balaban J connectivity index is 1.74. The second kappa shape index (κ2) is 7.41. The van der Waals surface area contributed by atoms with Gasteiger partial charge >= 0.3 is 5.97 Å². The molecule has 3 atom stereocenters. The van der Waals surface area contributed by atoms with Crippen LogP contribution in [0.4, 0.5) is 0 Å². The zero-order valence-electron chi connectivity index (χ0n) is 13.6. The number of hydrogen-bond donors (Lipinski definition) is 0. The molecule has 0 saturated carbocycles. The van der Waals surface area contributed by atoms with Gasteiger partial charge in [0.1, 0.15) is 12.2 Å². The van der Waals surface area contributed by atoms with Gasteiger partial charge < -0.3 is 9.47 Å². The molecule has 4 nitrogen and oxygen atoms in total. The van der Waals surface area contributed by atoms with Gasteiger partial charge in [0, 0.05) is 12.8 Å². The Morgan fingerprint density at radius 2 is 1.58 bits per heavy atom. The normalized spacial score (nSPS) is 23.5. The molecule has 2 aromatic carbocycles. The quantitative estimate of drug-likeness (QED) is 0.804. The van der Waals surface area contributed by atoms with E-state index in [9.17, 15) is 9.59 Å². The van der Waals surface area contributed by atoms with Crippen LogP contribution in [0.1, 0.15) is 41.8 Å². The molecule has 0 spiro atoms. The van der Waals surface area contributed by atoms with Gasteiger partial charge in [-0.25, -0.2) is 4.79 Å². The summed E-state index contributed by atoms with van der Waals surface area (Å²) in [6.07, 6.45) is -0.186. The summed E-state index contributed by atoms with van der Waals surface area (Å²) in [5.41, 5.74) is 1.50. The first-order chi connectivity index (χ1) is 11.6. The molecule has 1 saturated heterocycles. The van der Waals surface area contributed by atoms with Crippen LogP contribution in [0.15, 0.2) is 60.7 Å². The number of benzene rings is 2. The van der Waals surface area contributed by atoms with Gasteiger partial charge in [-0.2, -0.15) is 0 Å². The highest BCUT2D eigenvalue weighted by molar-refractivity contribution is 5.89. The summed E-state index contributed by atoms with van der Waals surface area (Å²) in [5.74, 6) is -0.409. The molecule has 1 aliphatic heterocycles. The van der Waals surface area contributed by atoms with E-state index in [1.165, 1.54) is 6.92 Å². The van der Waals surface area contributed by atoms with Crippen molar-refractivity contribution in [3.8, 4) is 0 Å². The van der Waals surface area contributed by atoms with Gasteiger partial charge in [0.05, 0.1) is 11.7 Å². The van der Waals surface area contributed by atoms with E-state index in [2.05, 4.69) is 0 Å². The van der Waals surface area contributed by atoms with E-state index >= 15 is 0 Å². The maximum absolute atomic E-state index is 12.3. The monoisotopic (exact) mass is 324 g/mol. The lowest BCUT2D eigenvalue weighted by Crippen LogP contribution is -2.37. The minimum absolute atomic E-state index is 0.0450. The summed E-state index contributed by atoms with van der Waals surface area (Å²) in [6, 6.07) is 18.6. The molecule has 1 fully saturated rings. The standard InChI is InChI=1S/C20H20O4/c1-14(21)18-12-17(23-20(22)16-10-6-3-7-11-16)13-19(24-18)15-8-4-2-5-9-15/h2-11,17-19H,12-13H2,1H3/t17-,18?,19-/m0/s1. The molecule has 1 unspecified atom stereocenters. The van der Waals surface area contributed by atoms with Crippen LogP contribution in [0, 0.1) is 0 Å². The van der Waals surface area contributed by atoms with E-state index in [0.29, 0.717) is 18.4 Å². The average molecular weight is 324 g/mol. The second-order valence-electron chi connectivity index (χ2n) is 6.00. The van der Waals surface area contributed by atoms with Crippen molar-refractivity contribution in [2.75, 3.05) is 0 Å². The third-order valence-corrected chi connectivity index (χ3v) is 4.19. The lowest BCUT2D eigenvalue weighted by atomic mass is 9.94. The third-order valence-electron chi connectivity index (χ3n) is 4.19. The number of rotatable bonds is 4. The third kappa shape index (κ3) is 3.89. The molecular weight excluding hydrogens is 304 g/mol. The van der Waals surface area contributed by atoms with Crippen molar-refractivity contribution in [1.82, 2.24) is 0 Å². The van der Waals surface area contributed by atoms with Gasteiger partial charge in [-0.15, -0.1) is 0 Å². The van der Waals surface area contributed by atoms with Crippen LogP contribution in [-0.4, -0.2) is 24.0 Å². The van der Waals surface area contributed by atoms with Crippen molar-refractivity contribution in [3.63, 3.8) is 0 Å². The predicted molar refractivity (Wildman–Crippen MR) is 89.6 cm³/mol. The number of carbonyl (C=O) groups is 2. The van der Waals surface area contributed by atoms with Crippen molar-refractivity contribution in [2.24, 2.45) is 0 Å². The maximum Gasteiger partial charge on any atom is 0.338 e. The molecule has 124 valence electrons. The highest BCUT2D eigenvalue weighted by atomic mass is 16.6. The summed E-state index contributed by atoms with van der Waals surface area (Å²) in [7, 11) is 0. The van der Waals surface area contributed by atoms with Crippen LogP contribution in [-0.2, 0) is 14.3 Å². The van der Waals surface area contributed by atoms with Crippen LogP contribution >= 0.6 is 0 Å². The molecule has 0 aromatic heterocycles. The van der Waals surface area contributed by atoms with Crippen molar-refractivity contribution in [3.05, 3.63) is 71.8 Å². The number of ether oxygens (including phenoxy) is 2. The fraction of sp³-hybridized carbons (Fsp3) is 0.300. The molecular formula is C20H20O4. The summed E-state index contributed by atoms with van der Waals surface area (Å²) in [5, 5.41) is 0. The summed E-state index contributed by atoms with van der Waals surface area (Å²) in [4.78, 5) is 24.1. The molecule has 4 heteroatoms. The van der Waals surface area contributed by atoms with Crippen LogP contribution in [0.2, 0.25) is 0 Å². The molecule has 24 heavy (non-hydrogen) atoms. The number of Topliss-reactive ketones (excluding diaryl/α,β-unsaturated/α-hetero) is 1. The van der Waals surface area contributed by atoms with Gasteiger partial charge in [-0.1, -0.05) is 48.5 Å². The zero-order chi connectivity index (χ0) is 16.9. The molecule has 2 aromatic rings. The Bertz CT molecular complexity index is 696. The largest absolute Gasteiger partial charge is 0.459 e. The first-order valence-electron chi connectivity index (χ1n) is 8.10. The highest BCUT2D eigenvalue weighted by Gasteiger charge is 2.34. The second-order valence-corrected chi connectivity index (χ2v) is 6.00. The van der Waals surface area contributed by atoms with Crippen molar-refractivity contribution in [2.45, 2.75) is 38.1 Å². The number of carbonyl (C=O) groups excluding carboxylic acids is 2. The number of hydrogen-bond acceptors (Lipinski definition) is 4. The first kappa shape index (κ1) is 16.4. The van der Waals surface area contributed by atoms with Crippen LogP contribution in [0.3, 0.4) is 0 Å². The molecule has 1 heterocycles. The van der Waals surface area contributed by atoms with E-state index in [1.807, 2.05) is 36.4 Å². The molecule has 0 aliphatic carbocycles. The molecule has 0 amide bonds. The van der Waals surface area contributed by atoms with Gasteiger partial charge in [0.25, 0.3) is 0 Å². The zero-order valence-corrected chi connectivity index (χ0v) is 13.6. The molecule has 0 N–H and O–H groups in total. The van der Waals surface area contributed by atoms with E-state index in [1.54, 1.807) is 24.3 Å². The molecule has 0 bridgehead atoms. The summed E-state index contributed by atoms with van der Waals surface area (Å²) >= 11 is 0. The fourth-order valence-electron chi connectivity index (χ4n) is 2.92. The van der Waals surface area contributed by atoms with E-state index < -0.39 is 6.10 Å². The fourth-order valence-corrected chi connectivity index (χ4v) is 2.92. The SMILES string of the molecule is CC(=O)C1C[C@H](OC(=O)c2ccccc2)C[C@@H](c2ccccc2)O1. The average Bonchev–Trinajstić information content (AvgIpc) is 2.63. The van der Waals surface area contributed by atoms with Crippen LogP contribution in [0.5, 0.6) is 0 Å². The highest BCUT2D eigenvalue weighted by Crippen LogP contribution is 2.33. The van der Waals surface area contributed by atoms with Gasteiger partial charge in [0.2, 0.25) is 0 Å². The minimum Gasteiger partial charge on any atom is -0.459 e. The maximum atomic E-state index is 12.3. The Kier molecular flexibility index (Phi) is 5.06. The topological polar surface area (TPSA) is 52.6 Å². The lowest BCUT2D eigenvalue weighted by molar-refractivity contribution is -0.146.